The Balaban J connectivity index is 3.76. The van der Waals surface area contributed by atoms with Crippen LogP contribution >= 0.6 is 0 Å². The van der Waals surface area contributed by atoms with Gasteiger partial charge in [-0.1, -0.05) is 6.08 Å². The van der Waals surface area contributed by atoms with Gasteiger partial charge in [0.25, 0.3) is 0 Å². The molecule has 2 N–H and O–H groups in total. The fourth-order valence-corrected chi connectivity index (χ4v) is 0.538. The molecule has 3 nitrogen and oxygen atoms in total. The van der Waals surface area contributed by atoms with Gasteiger partial charge in [-0.2, -0.15) is 0 Å². The van der Waals surface area contributed by atoms with Crippen molar-refractivity contribution in [1.29, 1.82) is 0 Å². The first-order chi connectivity index (χ1) is 4.76. The van der Waals surface area contributed by atoms with E-state index in [0.717, 1.165) is 0 Å². The monoisotopic (exact) mass is 143 g/mol. The molecule has 0 spiro atoms. The molecule has 3 heteroatoms. The van der Waals surface area contributed by atoms with E-state index in [4.69, 9.17) is 10.5 Å². The first-order valence-electron chi connectivity index (χ1n) is 3.25. The molecular formula is C7H13NO2. The smallest absolute Gasteiger partial charge is 0.314 e. The molecule has 0 bridgehead atoms. The number of rotatable bonds is 4. The normalized spacial score (nSPS) is 12.2. The van der Waals surface area contributed by atoms with Crippen molar-refractivity contribution in [2.75, 3.05) is 13.2 Å². The van der Waals surface area contributed by atoms with Gasteiger partial charge in [-0.25, -0.2) is 0 Å². The predicted octanol–water partition coefficient (Wildman–Crippen LogP) is 0.310. The fourth-order valence-electron chi connectivity index (χ4n) is 0.538. The molecule has 0 aliphatic heterocycles. The van der Waals surface area contributed by atoms with Crippen LogP contribution in [-0.2, 0) is 9.53 Å². The van der Waals surface area contributed by atoms with Crippen LogP contribution < -0.4 is 5.73 Å². The lowest BCUT2D eigenvalue weighted by Crippen LogP contribution is -2.23. The van der Waals surface area contributed by atoms with Gasteiger partial charge in [-0.05, 0) is 6.92 Å². The summed E-state index contributed by atoms with van der Waals surface area (Å²) in [5.41, 5.74) is 5.24. The van der Waals surface area contributed by atoms with Crippen LogP contribution in [0.2, 0.25) is 0 Å². The molecule has 0 aliphatic rings. The Morgan fingerprint density at radius 2 is 2.50 bits per heavy atom. The van der Waals surface area contributed by atoms with Crippen molar-refractivity contribution in [1.82, 2.24) is 0 Å². The highest BCUT2D eigenvalue weighted by Crippen LogP contribution is 1.97. The number of ether oxygens (including phenoxy) is 1. The molecule has 0 aliphatic carbocycles. The highest BCUT2D eigenvalue weighted by Gasteiger charge is 2.12. The maximum absolute atomic E-state index is 10.8. The van der Waals surface area contributed by atoms with Crippen LogP contribution in [0.5, 0.6) is 0 Å². The second-order valence-corrected chi connectivity index (χ2v) is 1.83. The van der Waals surface area contributed by atoms with Crippen LogP contribution in [0.4, 0.5) is 0 Å². The summed E-state index contributed by atoms with van der Waals surface area (Å²) in [5.74, 6) is -0.639. The SMILES string of the molecule is C=C[C@@H](CN)C(=O)OCC. The Bertz CT molecular complexity index is 123. The van der Waals surface area contributed by atoms with Gasteiger partial charge >= 0.3 is 5.97 Å². The Labute approximate surface area is 60.9 Å². The maximum Gasteiger partial charge on any atom is 0.314 e. The number of nitrogens with two attached hydrogens (primary N) is 1. The van der Waals surface area contributed by atoms with Crippen molar-refractivity contribution in [2.45, 2.75) is 6.92 Å². The van der Waals surface area contributed by atoms with Gasteiger partial charge in [0.05, 0.1) is 12.5 Å². The zero-order valence-electron chi connectivity index (χ0n) is 6.17. The van der Waals surface area contributed by atoms with Crippen molar-refractivity contribution in [3.63, 3.8) is 0 Å². The molecule has 0 heterocycles. The molecule has 10 heavy (non-hydrogen) atoms. The summed E-state index contributed by atoms with van der Waals surface area (Å²) in [6.45, 7) is 5.87. The fraction of sp³-hybridized carbons (Fsp3) is 0.571. The van der Waals surface area contributed by atoms with Crippen molar-refractivity contribution < 1.29 is 9.53 Å². The number of hydrogen-bond acceptors (Lipinski definition) is 3. The minimum absolute atomic E-state index is 0.266. The van der Waals surface area contributed by atoms with E-state index in [1.807, 2.05) is 0 Å². The molecule has 0 fully saturated rings. The van der Waals surface area contributed by atoms with Crippen LogP contribution in [-0.4, -0.2) is 19.1 Å². The van der Waals surface area contributed by atoms with E-state index in [-0.39, 0.29) is 18.4 Å². The first kappa shape index (κ1) is 9.17. The molecule has 0 saturated heterocycles. The average molecular weight is 143 g/mol. The van der Waals surface area contributed by atoms with Crippen LogP contribution in [0.25, 0.3) is 0 Å². The van der Waals surface area contributed by atoms with Gasteiger partial charge in [-0.3, -0.25) is 4.79 Å². The van der Waals surface area contributed by atoms with Gasteiger partial charge in [0.1, 0.15) is 0 Å². The van der Waals surface area contributed by atoms with E-state index in [9.17, 15) is 4.79 Å². The molecule has 0 rings (SSSR count). The van der Waals surface area contributed by atoms with Crippen molar-refractivity contribution >= 4 is 5.97 Å². The zero-order valence-corrected chi connectivity index (χ0v) is 6.17. The van der Waals surface area contributed by atoms with E-state index in [0.29, 0.717) is 6.61 Å². The number of esters is 1. The molecule has 0 amide bonds. The van der Waals surface area contributed by atoms with E-state index in [2.05, 4.69) is 6.58 Å². The van der Waals surface area contributed by atoms with Gasteiger partial charge in [0, 0.05) is 6.54 Å². The maximum atomic E-state index is 10.8. The lowest BCUT2D eigenvalue weighted by Gasteiger charge is -2.06. The van der Waals surface area contributed by atoms with Gasteiger partial charge in [0.2, 0.25) is 0 Å². The summed E-state index contributed by atoms with van der Waals surface area (Å²) in [6, 6.07) is 0. The quantitative estimate of drug-likeness (QED) is 0.455. The highest BCUT2D eigenvalue weighted by atomic mass is 16.5. The summed E-state index contributed by atoms with van der Waals surface area (Å²) in [6.07, 6.45) is 1.50. The summed E-state index contributed by atoms with van der Waals surface area (Å²) < 4.78 is 4.70. The van der Waals surface area contributed by atoms with Crippen LogP contribution in [0.15, 0.2) is 12.7 Å². The van der Waals surface area contributed by atoms with Crippen LogP contribution in [0, 0.1) is 5.92 Å². The zero-order chi connectivity index (χ0) is 7.98. The number of hydrogen-bond donors (Lipinski definition) is 1. The molecule has 58 valence electrons. The van der Waals surface area contributed by atoms with E-state index in [1.54, 1.807) is 6.92 Å². The molecule has 0 saturated carbocycles. The highest BCUT2D eigenvalue weighted by molar-refractivity contribution is 5.74. The minimum Gasteiger partial charge on any atom is -0.466 e. The summed E-state index contributed by atoms with van der Waals surface area (Å²) in [4.78, 5) is 10.8. The van der Waals surface area contributed by atoms with E-state index in [1.165, 1.54) is 6.08 Å². The van der Waals surface area contributed by atoms with Crippen molar-refractivity contribution in [2.24, 2.45) is 11.7 Å². The largest absolute Gasteiger partial charge is 0.466 e. The molecule has 0 unspecified atom stereocenters. The molecule has 0 aromatic carbocycles. The third-order valence-electron chi connectivity index (χ3n) is 1.13. The van der Waals surface area contributed by atoms with Crippen LogP contribution in [0.3, 0.4) is 0 Å². The van der Waals surface area contributed by atoms with E-state index >= 15 is 0 Å². The topological polar surface area (TPSA) is 52.3 Å². The summed E-state index contributed by atoms with van der Waals surface area (Å²) >= 11 is 0. The van der Waals surface area contributed by atoms with Crippen molar-refractivity contribution in [3.05, 3.63) is 12.7 Å². The lowest BCUT2D eigenvalue weighted by atomic mass is 10.1. The number of carbonyl (C=O) groups excluding carboxylic acids is 1. The Morgan fingerprint density at radius 3 is 2.80 bits per heavy atom. The Morgan fingerprint density at radius 1 is 1.90 bits per heavy atom. The summed E-state index contributed by atoms with van der Waals surface area (Å²) in [7, 11) is 0. The van der Waals surface area contributed by atoms with E-state index < -0.39 is 0 Å². The third-order valence-corrected chi connectivity index (χ3v) is 1.13. The molecule has 0 radical (unpaired) electrons. The third kappa shape index (κ3) is 2.64. The molecule has 0 aromatic rings. The molecule has 0 aromatic heterocycles. The van der Waals surface area contributed by atoms with Gasteiger partial charge in [-0.15, -0.1) is 6.58 Å². The minimum atomic E-state index is -0.347. The van der Waals surface area contributed by atoms with Crippen molar-refractivity contribution in [3.8, 4) is 0 Å². The summed E-state index contributed by atoms with van der Waals surface area (Å²) in [5, 5.41) is 0. The predicted molar refractivity (Wildman–Crippen MR) is 39.4 cm³/mol. The standard InChI is InChI=1S/C7H13NO2/c1-3-6(5-8)7(9)10-4-2/h3,6H,1,4-5,8H2,2H3/t6-/m0/s1. The first-order valence-corrected chi connectivity index (χ1v) is 3.25. The number of carbonyl (C=O) groups is 1. The second-order valence-electron chi connectivity index (χ2n) is 1.83. The average Bonchev–Trinajstić information content (AvgIpc) is 1.91. The Hall–Kier alpha value is -0.830. The van der Waals surface area contributed by atoms with Gasteiger partial charge < -0.3 is 10.5 Å². The second kappa shape index (κ2) is 4.99. The molecular weight excluding hydrogens is 130 g/mol. The Kier molecular flexibility index (Phi) is 4.58. The molecule has 1 atom stereocenters. The van der Waals surface area contributed by atoms with Gasteiger partial charge in [0.15, 0.2) is 0 Å². The van der Waals surface area contributed by atoms with Crippen LogP contribution in [0.1, 0.15) is 6.92 Å². The lowest BCUT2D eigenvalue weighted by molar-refractivity contribution is -0.145.